The molecule has 1 N–H and O–H groups in total. The van der Waals surface area contributed by atoms with E-state index in [0.717, 1.165) is 30.5 Å². The predicted octanol–water partition coefficient (Wildman–Crippen LogP) is 11.4. The largest absolute Gasteiger partial charge is 0.485 e. The number of hydrogen-bond donors (Lipinski definition) is 1. The van der Waals surface area contributed by atoms with Crippen LogP contribution in [0.5, 0.6) is 5.75 Å². The maximum atomic E-state index is 13.6. The third-order valence-electron chi connectivity index (χ3n) is 9.59. The highest BCUT2D eigenvalue weighted by Crippen LogP contribution is 2.45. The van der Waals surface area contributed by atoms with E-state index in [1.807, 2.05) is 18.2 Å². The highest BCUT2D eigenvalue weighted by molar-refractivity contribution is 5.54. The summed E-state index contributed by atoms with van der Waals surface area (Å²) in [6.45, 7) is 10.6. The molecular formula is C39H47F6NO3. The lowest BCUT2D eigenvalue weighted by molar-refractivity contribution is -0.168. The number of benzene rings is 3. The van der Waals surface area contributed by atoms with Crippen LogP contribution in [0.25, 0.3) is 0 Å². The topological polar surface area (TPSA) is 39.7 Å². The van der Waals surface area contributed by atoms with Crippen molar-refractivity contribution in [3.63, 3.8) is 0 Å². The number of hydrogen-bond acceptors (Lipinski definition) is 4. The lowest BCUT2D eigenvalue weighted by Crippen LogP contribution is -2.51. The molecule has 1 aliphatic heterocycles. The molecule has 10 heteroatoms. The van der Waals surface area contributed by atoms with Gasteiger partial charge in [0.25, 0.3) is 0 Å². The van der Waals surface area contributed by atoms with Gasteiger partial charge in [-0.3, -0.25) is 0 Å². The summed E-state index contributed by atoms with van der Waals surface area (Å²) in [7, 11) is 0. The first-order chi connectivity index (χ1) is 22.9. The number of ether oxygens (including phenoxy) is 3. The molecule has 2 unspecified atom stereocenters. The molecule has 0 aromatic heterocycles. The van der Waals surface area contributed by atoms with E-state index in [0.29, 0.717) is 42.5 Å². The molecule has 0 amide bonds. The van der Waals surface area contributed by atoms with Crippen molar-refractivity contribution >= 4 is 5.69 Å². The number of fused-ring (bicyclic) bond motifs is 1. The molecule has 3 aromatic carbocycles. The highest BCUT2D eigenvalue weighted by atomic mass is 19.4. The van der Waals surface area contributed by atoms with Crippen molar-refractivity contribution in [3.8, 4) is 5.75 Å². The van der Waals surface area contributed by atoms with Crippen LogP contribution >= 0.6 is 0 Å². The molecular weight excluding hydrogens is 644 g/mol. The summed E-state index contributed by atoms with van der Waals surface area (Å²) in [5.74, 6) is 1.13. The molecule has 0 saturated heterocycles. The molecule has 0 bridgehead atoms. The molecule has 268 valence electrons. The Morgan fingerprint density at radius 3 is 1.98 bits per heavy atom. The van der Waals surface area contributed by atoms with Gasteiger partial charge in [0.2, 0.25) is 0 Å². The van der Waals surface area contributed by atoms with Crippen molar-refractivity contribution in [2.75, 3.05) is 11.9 Å². The Morgan fingerprint density at radius 2 is 1.39 bits per heavy atom. The molecule has 0 radical (unpaired) electrons. The van der Waals surface area contributed by atoms with E-state index >= 15 is 0 Å². The van der Waals surface area contributed by atoms with E-state index in [-0.39, 0.29) is 17.0 Å². The number of nitrogens with one attached hydrogen (secondary N) is 1. The third-order valence-corrected chi connectivity index (χ3v) is 9.59. The van der Waals surface area contributed by atoms with E-state index in [4.69, 9.17) is 14.2 Å². The average Bonchev–Trinajstić information content (AvgIpc) is 3.02. The van der Waals surface area contributed by atoms with Crippen molar-refractivity contribution in [3.05, 3.63) is 94.0 Å². The molecule has 3 aromatic rings. The summed E-state index contributed by atoms with van der Waals surface area (Å²) in [6, 6.07) is 15.7. The minimum Gasteiger partial charge on any atom is -0.485 e. The lowest BCUT2D eigenvalue weighted by atomic mass is 9.86. The zero-order valence-electron chi connectivity index (χ0n) is 28.9. The lowest BCUT2D eigenvalue weighted by Gasteiger charge is -2.44. The van der Waals surface area contributed by atoms with Crippen molar-refractivity contribution in [2.45, 2.75) is 122 Å². The Hall–Kier alpha value is -3.24. The van der Waals surface area contributed by atoms with Crippen LogP contribution in [-0.4, -0.2) is 18.3 Å². The SMILES string of the molecule is CC(C)(C)c1ccc(CNc2ccc3c(c2)C(OCCC2CCCCC2)C(OCc2cc(C(F)(F)F)cc(C(F)(F)F)c2)C(C)(C)O3)cc1. The van der Waals surface area contributed by atoms with Crippen molar-refractivity contribution < 1.29 is 40.6 Å². The highest BCUT2D eigenvalue weighted by Gasteiger charge is 2.46. The van der Waals surface area contributed by atoms with E-state index in [2.05, 4.69) is 50.4 Å². The van der Waals surface area contributed by atoms with Gasteiger partial charge in [-0.1, -0.05) is 77.1 Å². The maximum absolute atomic E-state index is 13.6. The van der Waals surface area contributed by atoms with Crippen molar-refractivity contribution in [2.24, 2.45) is 5.92 Å². The second kappa shape index (κ2) is 14.5. The van der Waals surface area contributed by atoms with Gasteiger partial charge >= 0.3 is 12.4 Å². The fourth-order valence-electron chi connectivity index (χ4n) is 6.76. The van der Waals surface area contributed by atoms with Crippen LogP contribution in [0, 0.1) is 5.92 Å². The molecule has 2 aliphatic rings. The van der Waals surface area contributed by atoms with Gasteiger partial charge < -0.3 is 19.5 Å². The minimum atomic E-state index is -4.95. The van der Waals surface area contributed by atoms with E-state index in [1.165, 1.54) is 24.8 Å². The van der Waals surface area contributed by atoms with Gasteiger partial charge in [-0.2, -0.15) is 26.3 Å². The van der Waals surface area contributed by atoms with Gasteiger partial charge in [0.05, 0.1) is 17.7 Å². The molecule has 1 heterocycles. The van der Waals surface area contributed by atoms with Crippen LogP contribution in [0.15, 0.2) is 60.7 Å². The Labute approximate surface area is 285 Å². The minimum absolute atomic E-state index is 0.0462. The number of alkyl halides is 6. The summed E-state index contributed by atoms with van der Waals surface area (Å²) < 4.78 is 101. The van der Waals surface area contributed by atoms with Crippen molar-refractivity contribution in [1.82, 2.24) is 0 Å². The van der Waals surface area contributed by atoms with Gasteiger partial charge in [-0.05, 0) is 84.7 Å². The maximum Gasteiger partial charge on any atom is 0.416 e. The Balaban J connectivity index is 1.40. The van der Waals surface area contributed by atoms with Crippen LogP contribution in [0.4, 0.5) is 32.0 Å². The molecule has 1 saturated carbocycles. The van der Waals surface area contributed by atoms with E-state index in [1.54, 1.807) is 13.8 Å². The van der Waals surface area contributed by atoms with E-state index < -0.39 is 47.9 Å². The van der Waals surface area contributed by atoms with Crippen LogP contribution in [-0.2, 0) is 40.4 Å². The zero-order chi connectivity index (χ0) is 35.6. The normalized spacial score (nSPS) is 20.1. The second-order valence-corrected chi connectivity index (χ2v) is 15.0. The molecule has 1 fully saturated rings. The molecule has 4 nitrogen and oxygen atoms in total. The number of rotatable bonds is 10. The van der Waals surface area contributed by atoms with Crippen molar-refractivity contribution in [1.29, 1.82) is 0 Å². The van der Waals surface area contributed by atoms with Crippen LogP contribution in [0.1, 0.15) is 113 Å². The summed E-state index contributed by atoms with van der Waals surface area (Å²) >= 11 is 0. The number of anilines is 1. The second-order valence-electron chi connectivity index (χ2n) is 15.0. The first-order valence-corrected chi connectivity index (χ1v) is 17.1. The number of halogens is 6. The summed E-state index contributed by atoms with van der Waals surface area (Å²) in [6.07, 6.45) is -4.68. The van der Waals surface area contributed by atoms with Crippen LogP contribution in [0.2, 0.25) is 0 Å². The zero-order valence-corrected chi connectivity index (χ0v) is 28.9. The Bertz CT molecular complexity index is 1520. The average molecular weight is 692 g/mol. The Morgan fingerprint density at radius 1 is 0.755 bits per heavy atom. The molecule has 2 atom stereocenters. The fourth-order valence-corrected chi connectivity index (χ4v) is 6.76. The predicted molar refractivity (Wildman–Crippen MR) is 179 cm³/mol. The molecule has 49 heavy (non-hydrogen) atoms. The van der Waals surface area contributed by atoms with Crippen LogP contribution in [0.3, 0.4) is 0 Å². The molecule has 0 spiro atoms. The quantitative estimate of drug-likeness (QED) is 0.215. The van der Waals surface area contributed by atoms with Crippen LogP contribution < -0.4 is 10.1 Å². The van der Waals surface area contributed by atoms with E-state index in [9.17, 15) is 26.3 Å². The van der Waals surface area contributed by atoms with Gasteiger partial charge in [0.15, 0.2) is 0 Å². The first kappa shape index (κ1) is 37.0. The molecule has 5 rings (SSSR count). The summed E-state index contributed by atoms with van der Waals surface area (Å²) in [4.78, 5) is 0. The smallest absolute Gasteiger partial charge is 0.416 e. The monoisotopic (exact) mass is 691 g/mol. The third kappa shape index (κ3) is 9.51. The summed E-state index contributed by atoms with van der Waals surface area (Å²) in [5.41, 5.74) is -0.102. The first-order valence-electron chi connectivity index (χ1n) is 17.1. The standard InChI is InChI=1S/C39H47F6NO3/c1-36(2,3)28-13-11-26(12-14-28)23-46-31-15-16-33-32(22-31)34(47-18-17-25-9-7-6-8-10-25)35(37(4,5)49-33)48-24-27-19-29(38(40,41)42)21-30(20-27)39(43,44)45/h11-16,19-22,25,34-35,46H,6-10,17-18,23-24H2,1-5H3. The van der Waals surface area contributed by atoms with Gasteiger partial charge in [-0.25, -0.2) is 0 Å². The van der Waals surface area contributed by atoms with Gasteiger partial charge in [0, 0.05) is 24.4 Å². The summed E-state index contributed by atoms with van der Waals surface area (Å²) in [5, 5.41) is 3.47. The Kier molecular flexibility index (Phi) is 11.0. The molecule has 1 aliphatic carbocycles. The van der Waals surface area contributed by atoms with Gasteiger partial charge in [-0.15, -0.1) is 0 Å². The van der Waals surface area contributed by atoms with Gasteiger partial charge in [0.1, 0.15) is 23.6 Å². The fraction of sp³-hybridized carbons (Fsp3) is 0.538.